The Morgan fingerprint density at radius 3 is 2.79 bits per heavy atom. The van der Waals surface area contributed by atoms with Crippen molar-refractivity contribution in [2.75, 3.05) is 25.3 Å². The molecule has 0 unspecified atom stereocenters. The lowest BCUT2D eigenvalue weighted by Crippen LogP contribution is -2.21. The Morgan fingerprint density at radius 2 is 2.17 bits per heavy atom. The molecule has 0 aliphatic rings. The molecule has 1 aromatic carbocycles. The summed E-state index contributed by atoms with van der Waals surface area (Å²) in [5, 5.41) is 4.36. The summed E-state index contributed by atoms with van der Waals surface area (Å²) in [5.74, 6) is 0.241. The lowest BCUT2D eigenvalue weighted by atomic mass is 10.1. The van der Waals surface area contributed by atoms with E-state index in [-0.39, 0.29) is 16.9 Å². The van der Waals surface area contributed by atoms with Gasteiger partial charge in [-0.15, -0.1) is 11.6 Å². The van der Waals surface area contributed by atoms with Crippen LogP contribution in [0.4, 0.5) is 5.69 Å². The van der Waals surface area contributed by atoms with Crippen LogP contribution in [0.5, 0.6) is 0 Å². The van der Waals surface area contributed by atoms with Crippen molar-refractivity contribution in [2.45, 2.75) is 0 Å². The minimum Gasteiger partial charge on any atom is -0.360 e. The molecule has 0 spiro atoms. The number of hydrogen-bond acceptors (Lipinski definition) is 3. The van der Waals surface area contributed by atoms with Crippen LogP contribution >= 0.6 is 23.2 Å². The van der Waals surface area contributed by atoms with Gasteiger partial charge in [0.05, 0.1) is 11.4 Å². The van der Waals surface area contributed by atoms with Crippen LogP contribution in [-0.2, 0) is 0 Å². The standard InChI is InChI=1S/C17H18Cl2N4O/c1-20-16(19)7-5-12(9-18)22-11-4-6-13-14(17(24)23(2)3)10-21-15(13)8-11/h4-8,10,21-22H,1,9H2,2-3H3/b12-5+,16-7-. The second kappa shape index (κ2) is 8.04. The summed E-state index contributed by atoms with van der Waals surface area (Å²) in [5.41, 5.74) is 3.10. The van der Waals surface area contributed by atoms with Gasteiger partial charge in [0.2, 0.25) is 0 Å². The molecular formula is C17H18Cl2N4O. The van der Waals surface area contributed by atoms with E-state index in [4.69, 9.17) is 23.2 Å². The number of nitrogens with zero attached hydrogens (tertiary/aromatic N) is 2. The monoisotopic (exact) mass is 364 g/mol. The number of aromatic nitrogens is 1. The molecule has 0 aliphatic heterocycles. The van der Waals surface area contributed by atoms with Gasteiger partial charge in [0, 0.05) is 42.6 Å². The molecule has 0 fully saturated rings. The van der Waals surface area contributed by atoms with Crippen molar-refractivity contribution in [3.63, 3.8) is 0 Å². The lowest BCUT2D eigenvalue weighted by Gasteiger charge is -2.10. The average molecular weight is 365 g/mol. The molecule has 2 N–H and O–H groups in total. The van der Waals surface area contributed by atoms with Crippen LogP contribution in [0.25, 0.3) is 10.9 Å². The Bertz CT molecular complexity index is 821. The molecule has 0 bridgehead atoms. The molecule has 24 heavy (non-hydrogen) atoms. The van der Waals surface area contributed by atoms with Gasteiger partial charge in [-0.2, -0.15) is 0 Å². The average Bonchev–Trinajstić information content (AvgIpc) is 3.00. The van der Waals surface area contributed by atoms with Crippen LogP contribution in [0.1, 0.15) is 10.4 Å². The van der Waals surface area contributed by atoms with E-state index in [0.29, 0.717) is 5.56 Å². The number of allylic oxidation sites excluding steroid dienone is 3. The Labute approximate surface area is 150 Å². The molecule has 0 atom stereocenters. The van der Waals surface area contributed by atoms with Crippen molar-refractivity contribution in [3.8, 4) is 0 Å². The molecule has 2 rings (SSSR count). The summed E-state index contributed by atoms with van der Waals surface area (Å²) in [6, 6.07) is 5.70. The fourth-order valence-corrected chi connectivity index (χ4v) is 2.37. The van der Waals surface area contributed by atoms with Crippen LogP contribution in [0, 0.1) is 0 Å². The van der Waals surface area contributed by atoms with Crippen LogP contribution in [0.15, 0.2) is 52.4 Å². The first-order valence-corrected chi connectivity index (χ1v) is 8.06. The number of benzene rings is 1. The third-order valence-corrected chi connectivity index (χ3v) is 3.87. The van der Waals surface area contributed by atoms with E-state index < -0.39 is 0 Å². The Balaban J connectivity index is 2.28. The van der Waals surface area contributed by atoms with Gasteiger partial charge in [0.1, 0.15) is 5.16 Å². The maximum atomic E-state index is 12.1. The van der Waals surface area contributed by atoms with Crippen LogP contribution < -0.4 is 5.32 Å². The third kappa shape index (κ3) is 4.19. The van der Waals surface area contributed by atoms with Gasteiger partial charge >= 0.3 is 0 Å². The van der Waals surface area contributed by atoms with Crippen molar-refractivity contribution in [1.82, 2.24) is 9.88 Å². The summed E-state index contributed by atoms with van der Waals surface area (Å²) in [7, 11) is 3.46. The van der Waals surface area contributed by atoms with E-state index in [2.05, 4.69) is 22.0 Å². The smallest absolute Gasteiger partial charge is 0.255 e. The Hall–Kier alpha value is -2.24. The third-order valence-electron chi connectivity index (χ3n) is 3.34. The number of carbonyl (C=O) groups excluding carboxylic acids is 1. The molecule has 0 saturated heterocycles. The molecule has 1 amide bonds. The van der Waals surface area contributed by atoms with Crippen LogP contribution in [0.2, 0.25) is 0 Å². The van der Waals surface area contributed by atoms with Crippen molar-refractivity contribution in [1.29, 1.82) is 0 Å². The van der Waals surface area contributed by atoms with Gasteiger partial charge in [-0.3, -0.25) is 9.79 Å². The lowest BCUT2D eigenvalue weighted by molar-refractivity contribution is 0.0829. The summed E-state index contributed by atoms with van der Waals surface area (Å²) < 4.78 is 0. The number of anilines is 1. The SMILES string of the molecule is C=N/C(Cl)=C\C=C(/CCl)Nc1ccc2c(C(=O)N(C)C)c[nH]c2c1. The van der Waals surface area contributed by atoms with E-state index in [9.17, 15) is 4.79 Å². The number of hydrogen-bond donors (Lipinski definition) is 2. The summed E-state index contributed by atoms with van der Waals surface area (Å²) in [6.07, 6.45) is 5.07. The molecule has 7 heteroatoms. The van der Waals surface area contributed by atoms with Gasteiger partial charge < -0.3 is 15.2 Å². The van der Waals surface area contributed by atoms with E-state index in [0.717, 1.165) is 22.3 Å². The van der Waals surface area contributed by atoms with Gasteiger partial charge in [-0.25, -0.2) is 0 Å². The van der Waals surface area contributed by atoms with Crippen molar-refractivity contribution < 1.29 is 4.79 Å². The van der Waals surface area contributed by atoms with Crippen LogP contribution in [0.3, 0.4) is 0 Å². The number of nitrogens with one attached hydrogen (secondary N) is 2. The fourth-order valence-electron chi connectivity index (χ4n) is 2.15. The predicted molar refractivity (Wildman–Crippen MR) is 102 cm³/mol. The fraction of sp³-hybridized carbons (Fsp3) is 0.176. The van der Waals surface area contributed by atoms with Gasteiger partial charge in [-0.05, 0) is 37.1 Å². The first-order valence-electron chi connectivity index (χ1n) is 7.15. The number of halogens is 2. The topological polar surface area (TPSA) is 60.5 Å². The highest BCUT2D eigenvalue weighted by molar-refractivity contribution is 6.29. The van der Waals surface area contributed by atoms with Gasteiger partial charge in [-0.1, -0.05) is 11.6 Å². The minimum atomic E-state index is -0.0417. The Morgan fingerprint density at radius 1 is 1.42 bits per heavy atom. The van der Waals surface area contributed by atoms with E-state index in [1.54, 1.807) is 37.3 Å². The minimum absolute atomic E-state index is 0.0417. The highest BCUT2D eigenvalue weighted by Crippen LogP contribution is 2.24. The van der Waals surface area contributed by atoms with Crippen LogP contribution in [-0.4, -0.2) is 42.5 Å². The zero-order valence-electron chi connectivity index (χ0n) is 13.4. The number of amides is 1. The number of alkyl halides is 1. The molecule has 0 saturated carbocycles. The molecule has 0 aliphatic carbocycles. The summed E-state index contributed by atoms with van der Waals surface area (Å²) in [4.78, 5) is 20.4. The van der Waals surface area contributed by atoms with E-state index in [1.807, 2.05) is 18.2 Å². The number of aliphatic imine (C=N–C) groups is 1. The number of carbonyl (C=O) groups is 1. The molecule has 1 heterocycles. The highest BCUT2D eigenvalue weighted by Gasteiger charge is 2.13. The van der Waals surface area contributed by atoms with Gasteiger partial charge in [0.25, 0.3) is 5.91 Å². The number of fused-ring (bicyclic) bond motifs is 1. The van der Waals surface area contributed by atoms with Gasteiger partial charge in [0.15, 0.2) is 0 Å². The predicted octanol–water partition coefficient (Wildman–Crippen LogP) is 4.19. The molecule has 2 aromatic rings. The Kier molecular flexibility index (Phi) is 6.06. The van der Waals surface area contributed by atoms with Crippen molar-refractivity contribution in [3.05, 3.63) is 53.0 Å². The van der Waals surface area contributed by atoms with Crippen molar-refractivity contribution in [2.24, 2.45) is 4.99 Å². The molecule has 1 aromatic heterocycles. The zero-order valence-corrected chi connectivity index (χ0v) is 14.9. The second-order valence-electron chi connectivity index (χ2n) is 5.26. The number of H-pyrrole nitrogens is 1. The normalized spacial score (nSPS) is 12.3. The molecule has 126 valence electrons. The molecule has 5 nitrogen and oxygen atoms in total. The molecular weight excluding hydrogens is 347 g/mol. The number of rotatable bonds is 6. The first kappa shape index (κ1) is 18.1. The first-order chi connectivity index (χ1) is 11.5. The maximum absolute atomic E-state index is 12.1. The van der Waals surface area contributed by atoms with Crippen molar-refractivity contribution >= 4 is 52.4 Å². The highest BCUT2D eigenvalue weighted by atomic mass is 35.5. The second-order valence-corrected chi connectivity index (χ2v) is 5.91. The summed E-state index contributed by atoms with van der Waals surface area (Å²) >= 11 is 11.7. The zero-order chi connectivity index (χ0) is 17.7. The maximum Gasteiger partial charge on any atom is 0.255 e. The quantitative estimate of drug-likeness (QED) is 0.349. The summed E-state index contributed by atoms with van der Waals surface area (Å²) in [6.45, 7) is 3.34. The number of aromatic amines is 1. The van der Waals surface area contributed by atoms with E-state index >= 15 is 0 Å². The molecule has 0 radical (unpaired) electrons. The van der Waals surface area contributed by atoms with E-state index in [1.165, 1.54) is 0 Å². The largest absolute Gasteiger partial charge is 0.360 e.